The van der Waals surface area contributed by atoms with Gasteiger partial charge in [-0.25, -0.2) is 9.78 Å². The van der Waals surface area contributed by atoms with Crippen LogP contribution in [0.3, 0.4) is 0 Å². The summed E-state index contributed by atoms with van der Waals surface area (Å²) in [6, 6.07) is 1.50. The van der Waals surface area contributed by atoms with Gasteiger partial charge in [0.2, 0.25) is 5.88 Å². The molecule has 0 aromatic carbocycles. The lowest BCUT2D eigenvalue weighted by Crippen LogP contribution is -2.37. The van der Waals surface area contributed by atoms with E-state index >= 15 is 0 Å². The number of carboxylic acids is 1. The molecule has 5 nitrogen and oxygen atoms in total. The fourth-order valence-corrected chi connectivity index (χ4v) is 1.93. The highest BCUT2D eigenvalue weighted by atomic mass is 35.5. The lowest BCUT2D eigenvalue weighted by Gasteiger charge is -2.23. The third-order valence-corrected chi connectivity index (χ3v) is 2.88. The normalized spacial score (nSPS) is 18.7. The Morgan fingerprint density at radius 1 is 1.43 bits per heavy atom. The van der Waals surface area contributed by atoms with E-state index in [9.17, 15) is 18.0 Å². The van der Waals surface area contributed by atoms with Crippen LogP contribution in [-0.4, -0.2) is 35.3 Å². The summed E-state index contributed by atoms with van der Waals surface area (Å²) in [5, 5.41) is 11.9. The van der Waals surface area contributed by atoms with E-state index in [1.165, 1.54) is 0 Å². The van der Waals surface area contributed by atoms with Gasteiger partial charge in [-0.1, -0.05) is 0 Å². The molecule has 2 N–H and O–H groups in total. The minimum Gasteiger partial charge on any atom is -0.478 e. The van der Waals surface area contributed by atoms with Gasteiger partial charge in [-0.15, -0.1) is 12.4 Å². The third-order valence-electron chi connectivity index (χ3n) is 2.88. The first-order valence-corrected chi connectivity index (χ1v) is 6.06. The quantitative estimate of drug-likeness (QED) is 0.892. The Morgan fingerprint density at radius 2 is 2.14 bits per heavy atom. The molecule has 21 heavy (non-hydrogen) atoms. The molecule has 0 saturated carbocycles. The number of alkyl halides is 3. The van der Waals surface area contributed by atoms with Crippen molar-refractivity contribution in [2.24, 2.45) is 0 Å². The minimum absolute atomic E-state index is 0. The van der Waals surface area contributed by atoms with E-state index in [0.717, 1.165) is 19.0 Å². The molecule has 2 rings (SSSR count). The second-order valence-electron chi connectivity index (χ2n) is 4.47. The van der Waals surface area contributed by atoms with Crippen molar-refractivity contribution in [1.82, 2.24) is 10.3 Å². The number of nitrogens with one attached hydrogen (secondary N) is 1. The summed E-state index contributed by atoms with van der Waals surface area (Å²) in [4.78, 5) is 14.2. The lowest BCUT2D eigenvalue weighted by molar-refractivity contribution is -0.141. The van der Waals surface area contributed by atoms with Crippen molar-refractivity contribution in [3.8, 4) is 5.88 Å². The van der Waals surface area contributed by atoms with Crippen molar-refractivity contribution >= 4 is 18.4 Å². The maximum Gasteiger partial charge on any atom is 0.433 e. The van der Waals surface area contributed by atoms with Crippen LogP contribution in [0.5, 0.6) is 5.88 Å². The number of carbonyl (C=O) groups is 1. The van der Waals surface area contributed by atoms with Gasteiger partial charge in [0.15, 0.2) is 0 Å². The van der Waals surface area contributed by atoms with Gasteiger partial charge < -0.3 is 15.2 Å². The molecule has 1 aromatic heterocycles. The van der Waals surface area contributed by atoms with Crippen LogP contribution in [-0.2, 0) is 6.18 Å². The lowest BCUT2D eigenvalue weighted by atomic mass is 10.1. The second kappa shape index (κ2) is 6.95. The van der Waals surface area contributed by atoms with Crippen molar-refractivity contribution in [3.63, 3.8) is 0 Å². The molecule has 0 bridgehead atoms. The summed E-state index contributed by atoms with van der Waals surface area (Å²) in [5.41, 5.74) is -1.76. The molecular formula is C12H14ClF3N2O3. The number of ether oxygens (including phenoxy) is 1. The Labute approximate surface area is 124 Å². The number of nitrogens with zero attached hydrogens (tertiary/aromatic N) is 1. The predicted molar refractivity (Wildman–Crippen MR) is 70.0 cm³/mol. The van der Waals surface area contributed by atoms with Crippen molar-refractivity contribution in [2.45, 2.75) is 25.1 Å². The summed E-state index contributed by atoms with van der Waals surface area (Å²) in [6.07, 6.45) is -3.49. The largest absolute Gasteiger partial charge is 0.478 e. The zero-order chi connectivity index (χ0) is 14.8. The average molecular weight is 327 g/mol. The average Bonchev–Trinajstić information content (AvgIpc) is 2.38. The SMILES string of the molecule is Cl.O=C(O)c1cc(O[C@H]2CCCNC2)nc(C(F)(F)F)c1. The Hall–Kier alpha value is -1.54. The van der Waals surface area contributed by atoms with Gasteiger partial charge in [-0.05, 0) is 25.5 Å². The van der Waals surface area contributed by atoms with E-state index in [4.69, 9.17) is 9.84 Å². The van der Waals surface area contributed by atoms with Gasteiger partial charge in [-0.3, -0.25) is 0 Å². The predicted octanol–water partition coefficient (Wildman–Crippen LogP) is 2.35. The molecule has 0 unspecified atom stereocenters. The summed E-state index contributed by atoms with van der Waals surface area (Å²) >= 11 is 0. The van der Waals surface area contributed by atoms with E-state index in [2.05, 4.69) is 10.3 Å². The van der Waals surface area contributed by atoms with Gasteiger partial charge >= 0.3 is 12.1 Å². The number of rotatable bonds is 3. The first-order valence-electron chi connectivity index (χ1n) is 6.06. The van der Waals surface area contributed by atoms with Gasteiger partial charge in [-0.2, -0.15) is 13.2 Å². The fraction of sp³-hybridized carbons (Fsp3) is 0.500. The van der Waals surface area contributed by atoms with Crippen LogP contribution in [0, 0.1) is 0 Å². The van der Waals surface area contributed by atoms with Crippen molar-refractivity contribution < 1.29 is 27.8 Å². The van der Waals surface area contributed by atoms with Gasteiger partial charge in [0, 0.05) is 12.6 Å². The molecule has 0 aliphatic carbocycles. The number of carboxylic acid groups (broad SMARTS) is 1. The smallest absolute Gasteiger partial charge is 0.433 e. The van der Waals surface area contributed by atoms with E-state index in [0.29, 0.717) is 19.0 Å². The van der Waals surface area contributed by atoms with Crippen LogP contribution in [0.4, 0.5) is 13.2 Å². The number of piperidine rings is 1. The molecule has 118 valence electrons. The van der Waals surface area contributed by atoms with Gasteiger partial charge in [0.1, 0.15) is 11.8 Å². The summed E-state index contributed by atoms with van der Waals surface area (Å²) in [5.74, 6) is -1.77. The van der Waals surface area contributed by atoms with E-state index in [1.54, 1.807) is 0 Å². The molecular weight excluding hydrogens is 313 g/mol. The number of aromatic nitrogens is 1. The summed E-state index contributed by atoms with van der Waals surface area (Å²) < 4.78 is 43.3. The number of hydrogen-bond acceptors (Lipinski definition) is 4. The Bertz CT molecular complexity index is 505. The highest BCUT2D eigenvalue weighted by Crippen LogP contribution is 2.30. The molecule has 1 aliphatic heterocycles. The number of pyridine rings is 1. The van der Waals surface area contributed by atoms with E-state index in [1.807, 2.05) is 0 Å². The molecule has 0 amide bonds. The molecule has 9 heteroatoms. The number of halogens is 4. The Balaban J connectivity index is 0.00000220. The van der Waals surface area contributed by atoms with Gasteiger partial charge in [0.25, 0.3) is 0 Å². The molecule has 1 fully saturated rings. The van der Waals surface area contributed by atoms with Crippen molar-refractivity contribution in [3.05, 3.63) is 23.4 Å². The van der Waals surface area contributed by atoms with E-state index < -0.39 is 23.4 Å². The second-order valence-corrected chi connectivity index (χ2v) is 4.47. The van der Waals surface area contributed by atoms with E-state index in [-0.39, 0.29) is 24.4 Å². The molecule has 2 heterocycles. The first-order chi connectivity index (χ1) is 9.36. The molecule has 1 saturated heterocycles. The summed E-state index contributed by atoms with van der Waals surface area (Å²) in [7, 11) is 0. The highest BCUT2D eigenvalue weighted by Gasteiger charge is 2.34. The van der Waals surface area contributed by atoms with Crippen LogP contribution < -0.4 is 10.1 Å². The number of aromatic carboxylic acids is 1. The maximum atomic E-state index is 12.7. The monoisotopic (exact) mass is 326 g/mol. The standard InChI is InChI=1S/C12H13F3N2O3.ClH/c13-12(14,15)9-4-7(11(18)19)5-10(17-9)20-8-2-1-3-16-6-8;/h4-5,8,16H,1-3,6H2,(H,18,19);1H/t8-;/m0./s1. The zero-order valence-electron chi connectivity index (χ0n) is 10.8. The van der Waals surface area contributed by atoms with Crippen LogP contribution >= 0.6 is 12.4 Å². The third kappa shape index (κ3) is 4.75. The van der Waals surface area contributed by atoms with Crippen LogP contribution in [0.1, 0.15) is 28.9 Å². The maximum absolute atomic E-state index is 12.7. The first kappa shape index (κ1) is 17.5. The van der Waals surface area contributed by atoms with Crippen LogP contribution in [0.2, 0.25) is 0 Å². The molecule has 1 aromatic rings. The van der Waals surface area contributed by atoms with Crippen LogP contribution in [0.25, 0.3) is 0 Å². The van der Waals surface area contributed by atoms with Crippen molar-refractivity contribution in [2.75, 3.05) is 13.1 Å². The molecule has 0 radical (unpaired) electrons. The van der Waals surface area contributed by atoms with Crippen LogP contribution in [0.15, 0.2) is 12.1 Å². The molecule has 1 atom stereocenters. The van der Waals surface area contributed by atoms with Crippen molar-refractivity contribution in [1.29, 1.82) is 0 Å². The minimum atomic E-state index is -4.71. The number of hydrogen-bond donors (Lipinski definition) is 2. The Morgan fingerprint density at radius 3 is 2.67 bits per heavy atom. The molecule has 1 aliphatic rings. The topological polar surface area (TPSA) is 71.5 Å². The fourth-order valence-electron chi connectivity index (χ4n) is 1.93. The summed E-state index contributed by atoms with van der Waals surface area (Å²) in [6.45, 7) is 1.33. The Kier molecular flexibility index (Phi) is 5.79. The van der Waals surface area contributed by atoms with Gasteiger partial charge in [0.05, 0.1) is 5.56 Å². The highest BCUT2D eigenvalue weighted by molar-refractivity contribution is 5.88. The molecule has 0 spiro atoms. The zero-order valence-corrected chi connectivity index (χ0v) is 11.6.